The van der Waals surface area contributed by atoms with Crippen molar-refractivity contribution in [3.05, 3.63) is 40.4 Å². The number of methoxy groups -OCH3 is 1. The molecule has 150 valence electrons. The lowest BCUT2D eigenvalue weighted by Gasteiger charge is -2.26. The van der Waals surface area contributed by atoms with E-state index < -0.39 is 0 Å². The third-order valence-electron chi connectivity index (χ3n) is 5.29. The molecule has 1 saturated heterocycles. The van der Waals surface area contributed by atoms with Gasteiger partial charge in [0.2, 0.25) is 5.91 Å². The number of likely N-dealkylation sites (tertiary alicyclic amines) is 1. The van der Waals surface area contributed by atoms with Crippen LogP contribution >= 0.6 is 11.3 Å². The van der Waals surface area contributed by atoms with E-state index in [1.54, 1.807) is 29.0 Å². The zero-order chi connectivity index (χ0) is 20.4. The summed E-state index contributed by atoms with van der Waals surface area (Å²) in [6.45, 7) is 2.10. The summed E-state index contributed by atoms with van der Waals surface area (Å²) in [6, 6.07) is 7.20. The lowest BCUT2D eigenvalue weighted by atomic mass is 10.1. The number of para-hydroxylation sites is 1. The summed E-state index contributed by atoms with van der Waals surface area (Å²) in [4.78, 5) is 34.3. The normalized spacial score (nSPS) is 18.1. The second-order valence-corrected chi connectivity index (χ2v) is 8.17. The molecule has 1 aromatic carbocycles. The van der Waals surface area contributed by atoms with Gasteiger partial charge in [-0.3, -0.25) is 9.59 Å². The molecule has 4 rings (SSSR count). The van der Waals surface area contributed by atoms with Crippen LogP contribution in [0.15, 0.2) is 24.3 Å². The van der Waals surface area contributed by atoms with Gasteiger partial charge in [-0.05, 0) is 18.6 Å². The topological polar surface area (TPSA) is 98.6 Å². The van der Waals surface area contributed by atoms with Crippen molar-refractivity contribution < 1.29 is 14.3 Å². The molecule has 9 heteroatoms. The Bertz CT molecular complexity index is 983. The highest BCUT2D eigenvalue weighted by atomic mass is 32.1. The maximum Gasteiger partial charge on any atom is 0.257 e. The van der Waals surface area contributed by atoms with Crippen LogP contribution in [0.2, 0.25) is 0 Å². The number of fused-ring (bicyclic) bond motifs is 1. The fourth-order valence-corrected chi connectivity index (χ4v) is 4.71. The van der Waals surface area contributed by atoms with Gasteiger partial charge in [-0.15, -0.1) is 0 Å². The van der Waals surface area contributed by atoms with Crippen molar-refractivity contribution in [2.24, 2.45) is 5.92 Å². The molecule has 2 aliphatic rings. The van der Waals surface area contributed by atoms with E-state index in [0.29, 0.717) is 55.5 Å². The van der Waals surface area contributed by atoms with Crippen LogP contribution in [0.3, 0.4) is 0 Å². The first-order valence-electron chi connectivity index (χ1n) is 9.45. The minimum atomic E-state index is -0.195. The molecule has 1 N–H and O–H groups in total. The van der Waals surface area contributed by atoms with Gasteiger partial charge in [-0.25, -0.2) is 4.98 Å². The Morgan fingerprint density at radius 3 is 2.93 bits per heavy atom. The number of carbonyl (C=O) groups excluding carboxylic acids is 2. The average Bonchev–Trinajstić information content (AvgIpc) is 3.39. The molecule has 1 unspecified atom stereocenters. The number of benzene rings is 1. The minimum Gasteiger partial charge on any atom is -0.496 e. The summed E-state index contributed by atoms with van der Waals surface area (Å²) in [7, 11) is 1.55. The number of rotatable bonds is 4. The van der Waals surface area contributed by atoms with Gasteiger partial charge in [0.25, 0.3) is 5.91 Å². The highest BCUT2D eigenvalue weighted by Gasteiger charge is 2.30. The Labute approximate surface area is 172 Å². The van der Waals surface area contributed by atoms with Gasteiger partial charge in [0.1, 0.15) is 5.75 Å². The first-order valence-corrected chi connectivity index (χ1v) is 10.3. The van der Waals surface area contributed by atoms with Gasteiger partial charge in [0.15, 0.2) is 11.3 Å². The molecule has 1 atom stereocenters. The Morgan fingerprint density at radius 2 is 2.17 bits per heavy atom. The van der Waals surface area contributed by atoms with Gasteiger partial charge >= 0.3 is 0 Å². The number of anilines is 1. The lowest BCUT2D eigenvalue weighted by Crippen LogP contribution is -2.35. The molecular weight excluding hydrogens is 390 g/mol. The summed E-state index contributed by atoms with van der Waals surface area (Å²) in [6.07, 6.45) is 3.40. The Kier molecular flexibility index (Phi) is 5.36. The molecule has 0 bridgehead atoms. The van der Waals surface area contributed by atoms with E-state index in [4.69, 9.17) is 10.00 Å². The van der Waals surface area contributed by atoms with Crippen LogP contribution in [0.4, 0.5) is 5.13 Å². The summed E-state index contributed by atoms with van der Waals surface area (Å²) < 4.78 is 5.31. The van der Waals surface area contributed by atoms with Crippen molar-refractivity contribution in [2.75, 3.05) is 32.1 Å². The van der Waals surface area contributed by atoms with Crippen molar-refractivity contribution >= 4 is 28.3 Å². The van der Waals surface area contributed by atoms with E-state index in [-0.39, 0.29) is 17.7 Å². The summed E-state index contributed by atoms with van der Waals surface area (Å²) in [5.74, 6) is 0.188. The lowest BCUT2D eigenvalue weighted by molar-refractivity contribution is -0.119. The SMILES string of the molecule is COc1ccccc1C(=O)N1CCc2nc(NC(=O)C3CCN(C#N)C3)sc2C1. The van der Waals surface area contributed by atoms with Gasteiger partial charge in [-0.1, -0.05) is 23.5 Å². The Morgan fingerprint density at radius 1 is 1.34 bits per heavy atom. The fourth-order valence-electron chi connectivity index (χ4n) is 3.69. The predicted octanol–water partition coefficient (Wildman–Crippen LogP) is 2.09. The third kappa shape index (κ3) is 3.89. The fraction of sp³-hybridized carbons (Fsp3) is 0.400. The van der Waals surface area contributed by atoms with Crippen molar-refractivity contribution in [1.29, 1.82) is 5.26 Å². The highest BCUT2D eigenvalue weighted by molar-refractivity contribution is 7.15. The molecule has 2 amide bonds. The van der Waals surface area contributed by atoms with Gasteiger partial charge in [-0.2, -0.15) is 5.26 Å². The standard InChI is InChI=1S/C20H21N5O3S/c1-28-16-5-3-2-4-14(16)19(27)25-9-7-15-17(11-25)29-20(22-15)23-18(26)13-6-8-24(10-13)12-21/h2-5,13H,6-11H2,1H3,(H,22,23,26). The van der Waals surface area contributed by atoms with Gasteiger partial charge in [0, 0.05) is 30.9 Å². The van der Waals surface area contributed by atoms with Gasteiger partial charge < -0.3 is 19.9 Å². The molecule has 3 heterocycles. The summed E-state index contributed by atoms with van der Waals surface area (Å²) >= 11 is 1.41. The van der Waals surface area contributed by atoms with Crippen LogP contribution in [-0.4, -0.2) is 53.3 Å². The van der Waals surface area contributed by atoms with E-state index in [1.165, 1.54) is 11.3 Å². The number of aromatic nitrogens is 1. The monoisotopic (exact) mass is 411 g/mol. The number of amides is 2. The summed E-state index contributed by atoms with van der Waals surface area (Å²) in [5, 5.41) is 12.4. The number of carbonyl (C=O) groups is 2. The number of hydrogen-bond donors (Lipinski definition) is 1. The van der Waals surface area contributed by atoms with Crippen LogP contribution < -0.4 is 10.1 Å². The number of ether oxygens (including phenoxy) is 1. The van der Waals surface area contributed by atoms with Gasteiger partial charge in [0.05, 0.1) is 30.8 Å². The predicted molar refractivity (Wildman–Crippen MR) is 107 cm³/mol. The molecule has 2 aromatic rings. The van der Waals surface area contributed by atoms with Crippen LogP contribution in [0.1, 0.15) is 27.3 Å². The Balaban J connectivity index is 1.43. The smallest absolute Gasteiger partial charge is 0.257 e. The molecular formula is C20H21N5O3S. The third-order valence-corrected chi connectivity index (χ3v) is 6.28. The number of hydrogen-bond acceptors (Lipinski definition) is 7. The number of nitrogens with zero attached hydrogens (tertiary/aromatic N) is 4. The van der Waals surface area contributed by atoms with E-state index in [2.05, 4.69) is 16.5 Å². The van der Waals surface area contributed by atoms with Crippen LogP contribution in [0, 0.1) is 17.4 Å². The minimum absolute atomic E-state index is 0.0744. The Hall–Kier alpha value is -3.12. The molecule has 8 nitrogen and oxygen atoms in total. The van der Waals surface area contributed by atoms with E-state index in [0.717, 1.165) is 10.6 Å². The molecule has 0 radical (unpaired) electrons. The number of nitrogens with one attached hydrogen (secondary N) is 1. The first-order chi connectivity index (χ1) is 14.1. The van der Waals surface area contributed by atoms with E-state index in [9.17, 15) is 9.59 Å². The average molecular weight is 411 g/mol. The molecule has 2 aliphatic heterocycles. The van der Waals surface area contributed by atoms with Crippen molar-refractivity contribution in [2.45, 2.75) is 19.4 Å². The van der Waals surface area contributed by atoms with Crippen molar-refractivity contribution in [1.82, 2.24) is 14.8 Å². The second-order valence-electron chi connectivity index (χ2n) is 7.09. The maximum absolute atomic E-state index is 12.9. The van der Waals surface area contributed by atoms with Crippen molar-refractivity contribution in [3.63, 3.8) is 0 Å². The zero-order valence-corrected chi connectivity index (χ0v) is 16.9. The molecule has 0 spiro atoms. The van der Waals surface area contributed by atoms with Crippen molar-refractivity contribution in [3.8, 4) is 11.9 Å². The van der Waals surface area contributed by atoms with Crippen LogP contribution in [0.25, 0.3) is 0 Å². The zero-order valence-electron chi connectivity index (χ0n) is 16.1. The van der Waals surface area contributed by atoms with E-state index in [1.807, 2.05) is 12.1 Å². The van der Waals surface area contributed by atoms with Crippen LogP contribution in [-0.2, 0) is 17.8 Å². The molecule has 1 aromatic heterocycles. The second kappa shape index (κ2) is 8.09. The van der Waals surface area contributed by atoms with Crippen LogP contribution in [0.5, 0.6) is 5.75 Å². The first kappa shape index (κ1) is 19.2. The summed E-state index contributed by atoms with van der Waals surface area (Å²) in [5.41, 5.74) is 1.47. The number of nitriles is 1. The molecule has 29 heavy (non-hydrogen) atoms. The largest absolute Gasteiger partial charge is 0.496 e. The molecule has 1 fully saturated rings. The number of thiazole rings is 1. The maximum atomic E-state index is 12.9. The quantitative estimate of drug-likeness (QED) is 0.774. The molecule has 0 aliphatic carbocycles. The highest BCUT2D eigenvalue weighted by Crippen LogP contribution is 2.31. The van der Waals surface area contributed by atoms with E-state index >= 15 is 0 Å². The molecule has 0 saturated carbocycles.